The summed E-state index contributed by atoms with van der Waals surface area (Å²) in [6.07, 6.45) is 1.82. The minimum atomic E-state index is -3.73. The number of amides is 2. The molecule has 3 rings (SSSR count). The van der Waals surface area contributed by atoms with Gasteiger partial charge in [-0.25, -0.2) is 8.42 Å². The second-order valence-corrected chi connectivity index (χ2v) is 11.0. The first-order chi connectivity index (χ1) is 18.2. The Morgan fingerprint density at radius 1 is 0.868 bits per heavy atom. The maximum Gasteiger partial charge on any atom is 0.247 e. The highest BCUT2D eigenvalue weighted by molar-refractivity contribution is 7.88. The first-order valence-electron chi connectivity index (χ1n) is 12.5. The van der Waals surface area contributed by atoms with Crippen LogP contribution in [0.5, 0.6) is 5.75 Å². The lowest BCUT2D eigenvalue weighted by atomic mass is 10.0. The summed E-state index contributed by atoms with van der Waals surface area (Å²) in [5.74, 6) is -0.144. The highest BCUT2D eigenvalue weighted by Gasteiger charge is 2.33. The van der Waals surface area contributed by atoms with Gasteiger partial charge in [0.25, 0.3) is 0 Å². The van der Waals surface area contributed by atoms with Gasteiger partial charge in [-0.3, -0.25) is 9.59 Å². The zero-order valence-corrected chi connectivity index (χ0v) is 22.9. The molecule has 2 amide bonds. The molecule has 202 valence electrons. The van der Waals surface area contributed by atoms with E-state index in [1.165, 1.54) is 4.90 Å². The number of nitrogens with zero attached hydrogens (tertiary/aromatic N) is 2. The van der Waals surface area contributed by atoms with Gasteiger partial charge < -0.3 is 15.0 Å². The fourth-order valence-electron chi connectivity index (χ4n) is 4.02. The molecule has 0 spiro atoms. The van der Waals surface area contributed by atoms with Crippen molar-refractivity contribution in [1.82, 2.24) is 14.5 Å². The maximum atomic E-state index is 13.9. The lowest BCUT2D eigenvalue weighted by Gasteiger charge is -2.33. The van der Waals surface area contributed by atoms with Gasteiger partial charge in [0.15, 0.2) is 0 Å². The molecular formula is C29H35N3O5S. The van der Waals surface area contributed by atoms with Gasteiger partial charge in [0.2, 0.25) is 21.8 Å². The summed E-state index contributed by atoms with van der Waals surface area (Å²) in [4.78, 5) is 28.8. The van der Waals surface area contributed by atoms with Crippen LogP contribution in [0, 0.1) is 0 Å². The van der Waals surface area contributed by atoms with Gasteiger partial charge >= 0.3 is 0 Å². The van der Waals surface area contributed by atoms with E-state index in [4.69, 9.17) is 4.74 Å². The normalized spacial score (nSPS) is 12.1. The average molecular weight is 538 g/mol. The molecule has 0 radical (unpaired) electrons. The molecule has 0 aliphatic heterocycles. The smallest absolute Gasteiger partial charge is 0.247 e. The topological polar surface area (TPSA) is 96.0 Å². The zero-order chi connectivity index (χ0) is 27.5. The van der Waals surface area contributed by atoms with Crippen molar-refractivity contribution < 1.29 is 22.7 Å². The van der Waals surface area contributed by atoms with Crippen molar-refractivity contribution in [3.63, 3.8) is 0 Å². The average Bonchev–Trinajstić information content (AvgIpc) is 2.92. The number of carbonyl (C=O) groups is 2. The lowest BCUT2D eigenvalue weighted by Crippen LogP contribution is -2.47. The van der Waals surface area contributed by atoms with Gasteiger partial charge in [-0.1, -0.05) is 79.7 Å². The van der Waals surface area contributed by atoms with E-state index in [-0.39, 0.29) is 19.0 Å². The predicted octanol–water partition coefficient (Wildman–Crippen LogP) is 3.75. The summed E-state index contributed by atoms with van der Waals surface area (Å²) in [7, 11) is -2.16. The van der Waals surface area contributed by atoms with E-state index in [2.05, 4.69) is 5.32 Å². The molecule has 9 heteroatoms. The fourth-order valence-corrected chi connectivity index (χ4v) is 4.75. The van der Waals surface area contributed by atoms with Crippen molar-refractivity contribution in [2.45, 2.75) is 32.5 Å². The van der Waals surface area contributed by atoms with E-state index in [9.17, 15) is 18.0 Å². The first-order valence-corrected chi connectivity index (χ1v) is 14.3. The van der Waals surface area contributed by atoms with Crippen molar-refractivity contribution in [2.75, 3.05) is 26.5 Å². The molecule has 3 aromatic rings. The number of methoxy groups -OCH3 is 1. The number of hydrogen-bond acceptors (Lipinski definition) is 5. The van der Waals surface area contributed by atoms with E-state index in [0.717, 1.165) is 28.1 Å². The van der Waals surface area contributed by atoms with Crippen LogP contribution in [-0.2, 0) is 32.7 Å². The van der Waals surface area contributed by atoms with E-state index < -0.39 is 28.5 Å². The molecule has 0 aliphatic rings. The van der Waals surface area contributed by atoms with Crippen LogP contribution < -0.4 is 10.1 Å². The first kappa shape index (κ1) is 28.9. The van der Waals surface area contributed by atoms with Crippen LogP contribution in [0.25, 0.3) is 0 Å². The van der Waals surface area contributed by atoms with E-state index >= 15 is 0 Å². The number of rotatable bonds is 13. The molecule has 0 heterocycles. The van der Waals surface area contributed by atoms with Crippen molar-refractivity contribution in [1.29, 1.82) is 0 Å². The van der Waals surface area contributed by atoms with E-state index in [1.54, 1.807) is 31.4 Å². The second-order valence-electron chi connectivity index (χ2n) is 8.99. The second kappa shape index (κ2) is 13.7. The SMILES string of the molecule is CCCNC(=O)[C@@H](c1ccccc1)N(Cc1ccc(OC)cc1)C(=O)CN(Cc1ccccc1)S(C)(=O)=O. The molecule has 1 atom stereocenters. The minimum absolute atomic E-state index is 0.0415. The molecule has 0 unspecified atom stereocenters. The van der Waals surface area contributed by atoms with Crippen molar-refractivity contribution in [3.8, 4) is 5.75 Å². The summed E-state index contributed by atoms with van der Waals surface area (Å²) in [5, 5.41) is 2.91. The number of hydrogen-bond donors (Lipinski definition) is 1. The van der Waals surface area contributed by atoms with Crippen molar-refractivity contribution in [3.05, 3.63) is 102 Å². The molecule has 0 saturated carbocycles. The van der Waals surface area contributed by atoms with E-state index in [0.29, 0.717) is 17.9 Å². The Hall–Kier alpha value is -3.69. The Morgan fingerprint density at radius 2 is 1.45 bits per heavy atom. The Bertz CT molecular complexity index is 1280. The Morgan fingerprint density at radius 3 is 2.00 bits per heavy atom. The molecule has 0 bridgehead atoms. The lowest BCUT2D eigenvalue weighted by molar-refractivity contribution is -0.141. The quantitative estimate of drug-likeness (QED) is 0.358. The fraction of sp³-hybridized carbons (Fsp3) is 0.310. The Kier molecular flexibility index (Phi) is 10.4. The number of benzene rings is 3. The van der Waals surface area contributed by atoms with Crippen LogP contribution in [-0.4, -0.2) is 55.9 Å². The molecule has 0 aromatic heterocycles. The Labute approximate surface area is 225 Å². The Balaban J connectivity index is 2.01. The maximum absolute atomic E-state index is 13.9. The van der Waals surface area contributed by atoms with Crippen LogP contribution in [0.1, 0.15) is 36.1 Å². The molecular weight excluding hydrogens is 502 g/mol. The third-order valence-electron chi connectivity index (χ3n) is 6.04. The van der Waals surface area contributed by atoms with Gasteiger partial charge in [0.05, 0.1) is 19.9 Å². The summed E-state index contributed by atoms with van der Waals surface area (Å²) >= 11 is 0. The summed E-state index contributed by atoms with van der Waals surface area (Å²) < 4.78 is 31.8. The van der Waals surface area contributed by atoms with Crippen LogP contribution >= 0.6 is 0 Å². The number of nitrogens with one attached hydrogen (secondary N) is 1. The molecule has 38 heavy (non-hydrogen) atoms. The molecule has 1 N–H and O–H groups in total. The molecule has 0 aliphatic carbocycles. The standard InChI is InChI=1S/C29H35N3O5S/c1-4-19-30-29(34)28(25-13-9-6-10-14-25)32(21-24-15-17-26(37-2)18-16-24)27(33)22-31(38(3,35)36)20-23-11-7-5-8-12-23/h5-18,28H,4,19-22H2,1-3H3,(H,30,34)/t28-/m1/s1. The molecule has 3 aromatic carbocycles. The van der Waals surface area contributed by atoms with Gasteiger partial charge in [0.1, 0.15) is 11.8 Å². The number of ether oxygens (including phenoxy) is 1. The highest BCUT2D eigenvalue weighted by atomic mass is 32.2. The van der Waals surface area contributed by atoms with Gasteiger partial charge in [-0.05, 0) is 35.2 Å². The molecule has 0 saturated heterocycles. The van der Waals surface area contributed by atoms with Crippen LogP contribution in [0.2, 0.25) is 0 Å². The van der Waals surface area contributed by atoms with Crippen molar-refractivity contribution >= 4 is 21.8 Å². The van der Waals surface area contributed by atoms with Gasteiger partial charge in [0, 0.05) is 19.6 Å². The number of sulfonamides is 1. The molecule has 0 fully saturated rings. The largest absolute Gasteiger partial charge is 0.497 e. The predicted molar refractivity (Wildman–Crippen MR) is 148 cm³/mol. The summed E-state index contributed by atoms with van der Waals surface area (Å²) in [6.45, 7) is 2.14. The highest BCUT2D eigenvalue weighted by Crippen LogP contribution is 2.25. The minimum Gasteiger partial charge on any atom is -0.497 e. The van der Waals surface area contributed by atoms with Crippen molar-refractivity contribution in [2.24, 2.45) is 0 Å². The zero-order valence-electron chi connectivity index (χ0n) is 22.0. The van der Waals surface area contributed by atoms with Crippen LogP contribution in [0.3, 0.4) is 0 Å². The monoisotopic (exact) mass is 537 g/mol. The van der Waals surface area contributed by atoms with Crippen LogP contribution in [0.4, 0.5) is 0 Å². The summed E-state index contributed by atoms with van der Waals surface area (Å²) in [5.41, 5.74) is 2.17. The van der Waals surface area contributed by atoms with Crippen LogP contribution in [0.15, 0.2) is 84.9 Å². The number of carbonyl (C=O) groups excluding carboxylic acids is 2. The third kappa shape index (κ3) is 8.16. The third-order valence-corrected chi connectivity index (χ3v) is 7.24. The summed E-state index contributed by atoms with van der Waals surface area (Å²) in [6, 6.07) is 24.4. The van der Waals surface area contributed by atoms with E-state index in [1.807, 2.05) is 67.6 Å². The molecule has 8 nitrogen and oxygen atoms in total. The van der Waals surface area contributed by atoms with Gasteiger partial charge in [-0.2, -0.15) is 4.31 Å². The van der Waals surface area contributed by atoms with Gasteiger partial charge in [-0.15, -0.1) is 0 Å².